The van der Waals surface area contributed by atoms with E-state index in [0.29, 0.717) is 6.54 Å². The summed E-state index contributed by atoms with van der Waals surface area (Å²) in [5.41, 5.74) is 2.88. The van der Waals surface area contributed by atoms with Crippen LogP contribution in [0.2, 0.25) is 0 Å². The van der Waals surface area contributed by atoms with E-state index in [1.165, 1.54) is 0 Å². The van der Waals surface area contributed by atoms with Crippen LogP contribution in [0, 0.1) is 6.92 Å². The Hall–Kier alpha value is -3.06. The number of nitrogens with zero attached hydrogens (tertiary/aromatic N) is 1. The molecule has 31 heavy (non-hydrogen) atoms. The van der Waals surface area contributed by atoms with E-state index in [0.717, 1.165) is 48.5 Å². The summed E-state index contributed by atoms with van der Waals surface area (Å²) < 4.78 is 5.42. The second-order valence-corrected chi connectivity index (χ2v) is 8.05. The van der Waals surface area contributed by atoms with Gasteiger partial charge < -0.3 is 20.7 Å². The number of urea groups is 1. The van der Waals surface area contributed by atoms with Gasteiger partial charge in [-0.3, -0.25) is 9.69 Å². The van der Waals surface area contributed by atoms with Crippen molar-refractivity contribution in [1.82, 2.24) is 15.5 Å². The van der Waals surface area contributed by atoms with Crippen molar-refractivity contribution in [2.45, 2.75) is 38.8 Å². The van der Waals surface area contributed by atoms with E-state index in [9.17, 15) is 9.59 Å². The molecule has 2 aromatic rings. The molecule has 2 aromatic carbocycles. The van der Waals surface area contributed by atoms with Gasteiger partial charge in [-0.2, -0.15) is 0 Å². The van der Waals surface area contributed by atoms with Crippen LogP contribution in [-0.2, 0) is 4.79 Å². The van der Waals surface area contributed by atoms with Crippen LogP contribution in [0.25, 0.3) is 0 Å². The van der Waals surface area contributed by atoms with E-state index in [4.69, 9.17) is 4.74 Å². The average Bonchev–Trinajstić information content (AvgIpc) is 2.75. The summed E-state index contributed by atoms with van der Waals surface area (Å²) in [6, 6.07) is 15.1. The minimum Gasteiger partial charge on any atom is -0.496 e. The topological polar surface area (TPSA) is 82.7 Å². The number of methoxy groups -OCH3 is 1. The lowest BCUT2D eigenvalue weighted by Crippen LogP contribution is -2.49. The molecular weight excluding hydrogens is 392 g/mol. The number of nitrogens with one attached hydrogen (secondary N) is 3. The summed E-state index contributed by atoms with van der Waals surface area (Å²) in [4.78, 5) is 26.9. The maximum atomic E-state index is 12.5. The van der Waals surface area contributed by atoms with E-state index in [1.54, 1.807) is 7.11 Å². The molecule has 7 heteroatoms. The van der Waals surface area contributed by atoms with Crippen LogP contribution in [0.1, 0.15) is 36.9 Å². The van der Waals surface area contributed by atoms with Gasteiger partial charge in [0, 0.05) is 30.4 Å². The fraction of sp³-hybridized carbons (Fsp3) is 0.417. The molecule has 0 unspecified atom stereocenters. The minimum atomic E-state index is -0.184. The second-order valence-electron chi connectivity index (χ2n) is 8.05. The first kappa shape index (κ1) is 22.6. The maximum Gasteiger partial charge on any atom is 0.315 e. The van der Waals surface area contributed by atoms with Crippen molar-refractivity contribution < 1.29 is 14.3 Å². The van der Waals surface area contributed by atoms with Gasteiger partial charge in [-0.1, -0.05) is 35.9 Å². The molecule has 1 saturated heterocycles. The first-order valence-corrected chi connectivity index (χ1v) is 10.7. The van der Waals surface area contributed by atoms with Crippen LogP contribution in [-0.4, -0.2) is 49.6 Å². The Kier molecular flexibility index (Phi) is 7.89. The summed E-state index contributed by atoms with van der Waals surface area (Å²) in [7, 11) is 1.63. The fourth-order valence-electron chi connectivity index (χ4n) is 3.85. The molecule has 1 fully saturated rings. The van der Waals surface area contributed by atoms with Crippen LogP contribution in [0.15, 0.2) is 48.5 Å². The van der Waals surface area contributed by atoms with Crippen molar-refractivity contribution in [3.63, 3.8) is 0 Å². The highest BCUT2D eigenvalue weighted by Crippen LogP contribution is 2.26. The highest BCUT2D eigenvalue weighted by molar-refractivity contribution is 5.92. The van der Waals surface area contributed by atoms with E-state index < -0.39 is 0 Å². The third-order valence-electron chi connectivity index (χ3n) is 5.55. The average molecular weight is 425 g/mol. The van der Waals surface area contributed by atoms with Crippen LogP contribution in [0.5, 0.6) is 5.75 Å². The third-order valence-corrected chi connectivity index (χ3v) is 5.55. The predicted molar refractivity (Wildman–Crippen MR) is 122 cm³/mol. The summed E-state index contributed by atoms with van der Waals surface area (Å²) in [5, 5.41) is 8.99. The predicted octanol–water partition coefficient (Wildman–Crippen LogP) is 3.47. The number of benzene rings is 2. The zero-order chi connectivity index (χ0) is 22.2. The molecule has 1 heterocycles. The Morgan fingerprint density at radius 1 is 1.13 bits per heavy atom. The van der Waals surface area contributed by atoms with Gasteiger partial charge in [0.2, 0.25) is 5.91 Å². The van der Waals surface area contributed by atoms with Crippen LogP contribution in [0.3, 0.4) is 0 Å². The first-order valence-electron chi connectivity index (χ1n) is 10.7. The number of likely N-dealkylation sites (tertiary alicyclic amines) is 1. The monoisotopic (exact) mass is 424 g/mol. The number of piperidine rings is 1. The number of aryl methyl sites for hydroxylation is 1. The Morgan fingerprint density at radius 2 is 1.84 bits per heavy atom. The van der Waals surface area contributed by atoms with Crippen LogP contribution < -0.4 is 20.7 Å². The lowest BCUT2D eigenvalue weighted by atomic mass is 10.0. The molecule has 0 saturated carbocycles. The van der Waals surface area contributed by atoms with Crippen molar-refractivity contribution in [1.29, 1.82) is 0 Å². The van der Waals surface area contributed by atoms with Crippen molar-refractivity contribution in [3.8, 4) is 5.75 Å². The Bertz CT molecular complexity index is 880. The van der Waals surface area contributed by atoms with Gasteiger partial charge in [0.25, 0.3) is 0 Å². The summed E-state index contributed by atoms with van der Waals surface area (Å²) >= 11 is 0. The van der Waals surface area contributed by atoms with E-state index >= 15 is 0 Å². The number of carbonyl (C=O) groups excluding carboxylic acids is 2. The fourth-order valence-corrected chi connectivity index (χ4v) is 3.85. The van der Waals surface area contributed by atoms with Crippen LogP contribution >= 0.6 is 0 Å². The number of hydrogen-bond acceptors (Lipinski definition) is 4. The van der Waals surface area contributed by atoms with E-state index in [-0.39, 0.29) is 24.0 Å². The standard InChI is InChI=1S/C24H32N4O3/c1-17-9-10-22(31-3)21(15-17)18(2)25-24(30)27-20-11-13-28(14-12-20)16-23(29)26-19-7-5-4-6-8-19/h4-10,15,18,20H,11-14,16H2,1-3H3,(H,26,29)(H2,25,27,30)/t18-/m1/s1. The number of para-hydroxylation sites is 1. The molecule has 1 aliphatic heterocycles. The molecule has 0 radical (unpaired) electrons. The molecular formula is C24H32N4O3. The molecule has 7 nitrogen and oxygen atoms in total. The quantitative estimate of drug-likeness (QED) is 0.636. The van der Waals surface area contributed by atoms with Crippen molar-refractivity contribution in [2.24, 2.45) is 0 Å². The number of carbonyl (C=O) groups is 2. The van der Waals surface area contributed by atoms with Gasteiger partial charge in [-0.05, 0) is 44.9 Å². The lowest BCUT2D eigenvalue weighted by molar-refractivity contribution is -0.117. The lowest BCUT2D eigenvalue weighted by Gasteiger charge is -2.32. The summed E-state index contributed by atoms with van der Waals surface area (Å²) in [6.07, 6.45) is 1.63. The second kappa shape index (κ2) is 10.8. The molecule has 0 aromatic heterocycles. The third kappa shape index (κ3) is 6.72. The Morgan fingerprint density at radius 3 is 2.52 bits per heavy atom. The van der Waals surface area contributed by atoms with Gasteiger partial charge in [0.05, 0.1) is 19.7 Å². The minimum absolute atomic E-state index is 0.0173. The number of hydrogen-bond donors (Lipinski definition) is 3. The number of amides is 3. The first-order chi connectivity index (χ1) is 14.9. The molecule has 3 amide bonds. The SMILES string of the molecule is COc1ccc(C)cc1[C@@H](C)NC(=O)NC1CCN(CC(=O)Nc2ccccc2)CC1. The molecule has 166 valence electrons. The molecule has 1 aliphatic rings. The van der Waals surface area contributed by atoms with E-state index in [1.807, 2.05) is 62.4 Å². The van der Waals surface area contributed by atoms with Gasteiger partial charge >= 0.3 is 6.03 Å². The smallest absolute Gasteiger partial charge is 0.315 e. The largest absolute Gasteiger partial charge is 0.496 e. The zero-order valence-electron chi connectivity index (χ0n) is 18.5. The van der Waals surface area contributed by atoms with Crippen LogP contribution in [0.4, 0.5) is 10.5 Å². The molecule has 0 spiro atoms. The molecule has 1 atom stereocenters. The summed E-state index contributed by atoms with van der Waals surface area (Å²) in [5.74, 6) is 0.747. The number of anilines is 1. The Balaban J connectivity index is 1.41. The zero-order valence-corrected chi connectivity index (χ0v) is 18.5. The van der Waals surface area contributed by atoms with Crippen molar-refractivity contribution >= 4 is 17.6 Å². The van der Waals surface area contributed by atoms with E-state index in [2.05, 4.69) is 20.9 Å². The number of rotatable bonds is 7. The van der Waals surface area contributed by atoms with Gasteiger partial charge in [-0.25, -0.2) is 4.79 Å². The van der Waals surface area contributed by atoms with Crippen molar-refractivity contribution in [3.05, 3.63) is 59.7 Å². The summed E-state index contributed by atoms with van der Waals surface area (Å²) in [6.45, 7) is 5.87. The normalized spacial score (nSPS) is 15.7. The van der Waals surface area contributed by atoms with Gasteiger partial charge in [0.1, 0.15) is 5.75 Å². The van der Waals surface area contributed by atoms with Gasteiger partial charge in [0.15, 0.2) is 0 Å². The Labute approximate surface area is 184 Å². The molecule has 3 rings (SSSR count). The highest BCUT2D eigenvalue weighted by Gasteiger charge is 2.23. The highest BCUT2D eigenvalue weighted by atomic mass is 16.5. The van der Waals surface area contributed by atoms with Crippen molar-refractivity contribution in [2.75, 3.05) is 32.1 Å². The molecule has 0 aliphatic carbocycles. The van der Waals surface area contributed by atoms with Gasteiger partial charge in [-0.15, -0.1) is 0 Å². The molecule has 0 bridgehead atoms. The number of ether oxygens (including phenoxy) is 1. The maximum absolute atomic E-state index is 12.5. The molecule has 3 N–H and O–H groups in total.